The van der Waals surface area contributed by atoms with E-state index in [2.05, 4.69) is 34.4 Å². The summed E-state index contributed by atoms with van der Waals surface area (Å²) in [6.07, 6.45) is 25.6. The van der Waals surface area contributed by atoms with Crippen LogP contribution in [0.4, 0.5) is 0 Å². The van der Waals surface area contributed by atoms with Gasteiger partial charge in [0.05, 0.1) is 44.0 Å². The molecule has 0 aromatic heterocycles. The quantitative estimate of drug-likeness (QED) is 0.0264. The van der Waals surface area contributed by atoms with Crippen LogP contribution in [-0.4, -0.2) is 95.8 Å². The molecule has 0 aromatic rings. The lowest BCUT2D eigenvalue weighted by molar-refractivity contribution is -0.466. The number of guanidine groups is 3. The van der Waals surface area contributed by atoms with Crippen LogP contribution >= 0.6 is 0 Å². The molecule has 5 aliphatic rings. The van der Waals surface area contributed by atoms with Crippen molar-refractivity contribution in [3.8, 4) is 0 Å². The second kappa shape index (κ2) is 22.3. The predicted octanol–water partition coefficient (Wildman–Crippen LogP) is 3.38. The van der Waals surface area contributed by atoms with Crippen molar-refractivity contribution >= 4 is 29.8 Å². The average molecular weight is 770 g/mol. The van der Waals surface area contributed by atoms with E-state index in [1.807, 2.05) is 4.58 Å². The van der Waals surface area contributed by atoms with Gasteiger partial charge in [-0.25, -0.2) is 14.4 Å². The van der Waals surface area contributed by atoms with Crippen molar-refractivity contribution in [1.82, 2.24) is 15.5 Å². The zero-order valence-electron chi connectivity index (χ0n) is 34.3. The van der Waals surface area contributed by atoms with Crippen LogP contribution in [0.3, 0.4) is 0 Å². The van der Waals surface area contributed by atoms with Gasteiger partial charge in [-0.15, -0.1) is 0 Å². The van der Waals surface area contributed by atoms with Gasteiger partial charge in [0.15, 0.2) is 5.96 Å². The van der Waals surface area contributed by atoms with Crippen LogP contribution in [-0.2, 0) is 19.1 Å². The summed E-state index contributed by atoms with van der Waals surface area (Å²) >= 11 is 0. The number of rotatable bonds is 25. The van der Waals surface area contributed by atoms with Gasteiger partial charge >= 0.3 is 23.9 Å². The Labute approximate surface area is 330 Å². The molecular formula is C42H75N9O4+2. The molecular weight excluding hydrogens is 695 g/mol. The summed E-state index contributed by atoms with van der Waals surface area (Å²) in [5.74, 6) is 1.40. The summed E-state index contributed by atoms with van der Waals surface area (Å²) in [6.45, 7) is 6.69. The standard InChI is InChI=1S/C42H73N9O4/c1-3-4-5-6-8-11-14-20-31-29-32-23-24-35-36(30(2)47-42(48-31)51(32)35)38(52)54-27-17-13-10-7-9-12-15-21-33-37(34-22-19-26-50(34)41(45)49-33)39(53)55-28-18-16-25-46-40(43)44/h30-33,35-36H,3-29H2,1-2H3,(H7,43,44,45,46,47,48,49)/p+2/t30-,31-,32+,33-,35+,36+/m1/s1. The molecule has 0 unspecified atom stereocenters. The monoisotopic (exact) mass is 770 g/mol. The Kier molecular flexibility index (Phi) is 17.3. The highest BCUT2D eigenvalue weighted by Gasteiger charge is 2.51. The summed E-state index contributed by atoms with van der Waals surface area (Å²) in [5.41, 5.74) is 19.0. The minimum absolute atomic E-state index is 0.0607. The largest absolute Gasteiger partial charge is 0.465 e. The van der Waals surface area contributed by atoms with E-state index in [1.54, 1.807) is 0 Å². The molecule has 9 N–H and O–H groups in total. The number of ether oxygens (including phenoxy) is 2. The minimum Gasteiger partial charge on any atom is -0.465 e. The highest BCUT2D eigenvalue weighted by Crippen LogP contribution is 2.40. The van der Waals surface area contributed by atoms with E-state index in [-0.39, 0.29) is 41.9 Å². The third kappa shape index (κ3) is 12.2. The number of nitrogens with two attached hydrogens (primary N) is 3. The minimum atomic E-state index is -0.237. The lowest BCUT2D eigenvalue weighted by atomic mass is 9.89. The van der Waals surface area contributed by atoms with E-state index in [1.165, 1.54) is 51.4 Å². The number of esters is 2. The first-order valence-electron chi connectivity index (χ1n) is 22.3. The van der Waals surface area contributed by atoms with Crippen molar-refractivity contribution in [2.24, 2.45) is 28.1 Å². The SMILES string of the molecule is CCCCCCCCC[C@@H]1C[C@@H]2CC[C@H]3[C@@H](C(=O)OCCCCCCCCC[C@H]4NC(N)=[N+]5CCCC5=C4C(=O)OCCCC[NH+]=C(N)N)[C@@H](C)N=C(N1)N23. The smallest absolute Gasteiger partial charge is 0.348 e. The van der Waals surface area contributed by atoms with Crippen molar-refractivity contribution in [2.75, 3.05) is 26.3 Å². The number of carbonyl (C=O) groups is 2. The number of fused-ring (bicyclic) bond motifs is 1. The van der Waals surface area contributed by atoms with Crippen molar-refractivity contribution in [2.45, 2.75) is 192 Å². The van der Waals surface area contributed by atoms with Gasteiger partial charge in [0, 0.05) is 24.5 Å². The summed E-state index contributed by atoms with van der Waals surface area (Å²) in [6, 6.07) is 1.02. The Balaban J connectivity index is 0.944. The molecule has 5 rings (SSSR count). The van der Waals surface area contributed by atoms with Crippen molar-refractivity contribution in [3.63, 3.8) is 0 Å². The van der Waals surface area contributed by atoms with Gasteiger partial charge in [-0.05, 0) is 71.1 Å². The van der Waals surface area contributed by atoms with E-state index in [9.17, 15) is 9.59 Å². The lowest BCUT2D eigenvalue weighted by Gasteiger charge is -2.46. The number of carbonyl (C=O) groups excluding carboxylic acids is 2. The van der Waals surface area contributed by atoms with Crippen LogP contribution in [0, 0.1) is 5.92 Å². The third-order valence-corrected chi connectivity index (χ3v) is 12.5. The molecule has 0 aromatic carbocycles. The first kappa shape index (κ1) is 42.6. The summed E-state index contributed by atoms with van der Waals surface area (Å²) in [5, 5.41) is 7.18. The Morgan fingerprint density at radius 1 is 0.873 bits per heavy atom. The van der Waals surface area contributed by atoms with Gasteiger partial charge < -0.3 is 19.7 Å². The lowest BCUT2D eigenvalue weighted by Crippen LogP contribution is -2.78. The highest BCUT2D eigenvalue weighted by molar-refractivity contribution is 5.92. The van der Waals surface area contributed by atoms with Crippen LogP contribution in [0.25, 0.3) is 0 Å². The molecule has 3 saturated heterocycles. The first-order valence-corrected chi connectivity index (χ1v) is 22.3. The maximum absolute atomic E-state index is 13.4. The van der Waals surface area contributed by atoms with E-state index < -0.39 is 0 Å². The van der Waals surface area contributed by atoms with E-state index >= 15 is 0 Å². The molecule has 0 bridgehead atoms. The average Bonchev–Trinajstić information content (AvgIpc) is 3.82. The Hall–Kier alpha value is -3.51. The molecule has 310 valence electrons. The van der Waals surface area contributed by atoms with Gasteiger partial charge in [-0.1, -0.05) is 84.0 Å². The third-order valence-electron chi connectivity index (χ3n) is 12.5. The molecule has 0 saturated carbocycles. The van der Waals surface area contributed by atoms with Gasteiger partial charge in [0.1, 0.15) is 11.6 Å². The van der Waals surface area contributed by atoms with Gasteiger partial charge in [-0.3, -0.25) is 32.3 Å². The second-order valence-corrected chi connectivity index (χ2v) is 16.8. The van der Waals surface area contributed by atoms with Gasteiger partial charge in [0.25, 0.3) is 0 Å². The molecule has 0 amide bonds. The Morgan fingerprint density at radius 2 is 1.55 bits per heavy atom. The fraction of sp³-hybridized carbons (Fsp3) is 0.833. The number of unbranched alkanes of at least 4 members (excludes halogenated alkanes) is 13. The van der Waals surface area contributed by atoms with Crippen LogP contribution in [0.2, 0.25) is 0 Å². The van der Waals surface area contributed by atoms with Crippen LogP contribution < -0.4 is 32.8 Å². The Bertz CT molecular complexity index is 1380. The molecule has 5 aliphatic heterocycles. The molecule has 13 heteroatoms. The molecule has 0 aliphatic carbocycles. The number of hydrogen-bond acceptors (Lipinski definition) is 9. The van der Waals surface area contributed by atoms with Crippen LogP contribution in [0.1, 0.15) is 162 Å². The zero-order valence-corrected chi connectivity index (χ0v) is 34.3. The topological polar surface area (TPSA) is 187 Å². The number of hydrogen-bond donors (Lipinski definition) is 6. The fourth-order valence-electron chi connectivity index (χ4n) is 9.59. The van der Waals surface area contributed by atoms with Gasteiger partial charge in [0.2, 0.25) is 0 Å². The van der Waals surface area contributed by atoms with E-state index in [0.29, 0.717) is 37.8 Å². The fourth-order valence-corrected chi connectivity index (χ4v) is 9.59. The van der Waals surface area contributed by atoms with Crippen molar-refractivity contribution in [3.05, 3.63) is 11.3 Å². The van der Waals surface area contributed by atoms with Gasteiger partial charge in [-0.2, -0.15) is 0 Å². The second-order valence-electron chi connectivity index (χ2n) is 16.8. The van der Waals surface area contributed by atoms with Crippen LogP contribution in [0.15, 0.2) is 16.3 Å². The van der Waals surface area contributed by atoms with E-state index in [0.717, 1.165) is 120 Å². The molecule has 55 heavy (non-hydrogen) atoms. The number of nitrogens with zero attached hydrogens (tertiary/aromatic N) is 3. The predicted molar refractivity (Wildman–Crippen MR) is 218 cm³/mol. The maximum atomic E-state index is 13.4. The summed E-state index contributed by atoms with van der Waals surface area (Å²) in [4.78, 5) is 37.0. The summed E-state index contributed by atoms with van der Waals surface area (Å²) in [7, 11) is 0. The first-order chi connectivity index (χ1) is 26.8. The molecule has 5 heterocycles. The molecule has 0 spiro atoms. The Morgan fingerprint density at radius 3 is 2.29 bits per heavy atom. The van der Waals surface area contributed by atoms with Crippen molar-refractivity contribution < 1.29 is 28.6 Å². The zero-order chi connectivity index (χ0) is 39.0. The number of nitrogens with one attached hydrogen (secondary N) is 3. The maximum Gasteiger partial charge on any atom is 0.348 e. The molecule has 13 nitrogen and oxygen atoms in total. The highest BCUT2D eigenvalue weighted by atomic mass is 16.5. The normalized spacial score (nSPS) is 25.5. The number of aliphatic imine (C=N–C) groups is 1. The molecule has 3 fully saturated rings. The molecule has 6 atom stereocenters. The number of allylic oxidation sites excluding steroid dienone is 1. The summed E-state index contributed by atoms with van der Waals surface area (Å²) < 4.78 is 13.7. The van der Waals surface area contributed by atoms with Crippen LogP contribution in [0.5, 0.6) is 0 Å². The van der Waals surface area contributed by atoms with E-state index in [4.69, 9.17) is 31.7 Å². The van der Waals surface area contributed by atoms with Crippen molar-refractivity contribution in [1.29, 1.82) is 0 Å². The molecule has 0 radical (unpaired) electrons.